The van der Waals surface area contributed by atoms with E-state index in [1.54, 1.807) is 0 Å². The molecule has 20 heteroatoms. The average Bonchev–Trinajstić information content (AvgIpc) is 3.56. The van der Waals surface area contributed by atoms with Crippen LogP contribution in [0.5, 0.6) is 0 Å². The van der Waals surface area contributed by atoms with Gasteiger partial charge in [-0.15, -0.1) is 0 Å². The fraction of sp³-hybridized carbons (Fsp3) is 0.762. The number of nitrogens with two attached hydrogens (primary N) is 2. The number of nitrogens with one attached hydrogen (secondary N) is 4. The molecule has 0 aromatic rings. The molecule has 3 heterocycles. The van der Waals surface area contributed by atoms with Crippen molar-refractivity contribution in [3.63, 3.8) is 0 Å². The van der Waals surface area contributed by atoms with E-state index in [9.17, 15) is 50.1 Å². The first-order chi connectivity index (χ1) is 19.5. The monoisotopic (exact) mass is 591 g/mol. The molecule has 3 aliphatic rings. The van der Waals surface area contributed by atoms with Crippen molar-refractivity contribution in [3.05, 3.63) is 0 Å². The number of hydrogen-bond donors (Lipinski definition) is 13. The van der Waals surface area contributed by atoms with Gasteiger partial charge in [0.15, 0.2) is 18.1 Å². The van der Waals surface area contributed by atoms with Crippen molar-refractivity contribution in [3.8, 4) is 0 Å². The van der Waals surface area contributed by atoms with Gasteiger partial charge in [0.05, 0.1) is 39.0 Å². The minimum absolute atomic E-state index is 0.100. The molecule has 20 nitrogen and oxygen atoms in total. The third kappa shape index (κ3) is 7.17. The van der Waals surface area contributed by atoms with E-state index in [2.05, 4.69) is 31.3 Å². The molecule has 0 aromatic heterocycles. The predicted octanol–water partition coefficient (Wildman–Crippen LogP) is -9.50. The minimum atomic E-state index is -1.90. The molecule has 0 radical (unpaired) electrons. The molecule has 41 heavy (non-hydrogen) atoms. The van der Waals surface area contributed by atoms with Crippen LogP contribution in [0.4, 0.5) is 0 Å². The van der Waals surface area contributed by atoms with Crippen LogP contribution in [0.1, 0.15) is 0 Å². The second kappa shape index (κ2) is 14.1. The van der Waals surface area contributed by atoms with Crippen LogP contribution in [0.25, 0.3) is 0 Å². The summed E-state index contributed by atoms with van der Waals surface area (Å²) >= 11 is 0. The maximum atomic E-state index is 13.2. The Morgan fingerprint density at radius 1 is 1.05 bits per heavy atom. The van der Waals surface area contributed by atoms with Crippen molar-refractivity contribution in [1.29, 1.82) is 0 Å². The largest absolute Gasteiger partial charge is 0.394 e. The zero-order chi connectivity index (χ0) is 30.4. The zero-order valence-electron chi connectivity index (χ0n) is 21.7. The summed E-state index contributed by atoms with van der Waals surface area (Å²) in [7, 11) is 0. The number of hydrogen-bond acceptors (Lipinski definition) is 18. The topological polar surface area (TPSA) is 330 Å². The van der Waals surface area contributed by atoms with E-state index in [4.69, 9.17) is 16.2 Å². The van der Waals surface area contributed by atoms with Gasteiger partial charge in [-0.05, 0) is 0 Å². The molecule has 0 aromatic carbocycles. The number of aldehydes is 1. The van der Waals surface area contributed by atoms with E-state index in [1.165, 1.54) is 0 Å². The highest BCUT2D eigenvalue weighted by atomic mass is 16.6. The summed E-state index contributed by atoms with van der Waals surface area (Å²) in [5.41, 5.74) is 11.5. The molecule has 0 spiro atoms. The summed E-state index contributed by atoms with van der Waals surface area (Å²) in [6, 6.07) is -5.89. The quantitative estimate of drug-likeness (QED) is 0.0884. The van der Waals surface area contributed by atoms with Gasteiger partial charge in [0.2, 0.25) is 11.8 Å². The number of nitrogens with zero attached hydrogens (tertiary/aromatic N) is 3. The summed E-state index contributed by atoms with van der Waals surface area (Å²) < 4.78 is 5.53. The van der Waals surface area contributed by atoms with Crippen molar-refractivity contribution in [2.24, 2.45) is 21.5 Å². The zero-order valence-corrected chi connectivity index (χ0v) is 21.7. The smallest absolute Gasteiger partial charge is 0.246 e. The van der Waals surface area contributed by atoms with Crippen LogP contribution in [0.2, 0.25) is 0 Å². The number of amides is 2. The number of rotatable bonds is 13. The molecule has 0 saturated carbocycles. The lowest BCUT2D eigenvalue weighted by Gasteiger charge is -2.46. The summed E-state index contributed by atoms with van der Waals surface area (Å²) in [6.45, 7) is -2.47. The van der Waals surface area contributed by atoms with Gasteiger partial charge in [0.1, 0.15) is 61.1 Å². The van der Waals surface area contributed by atoms with Gasteiger partial charge in [0, 0.05) is 0 Å². The SMILES string of the molecule is NC1=NCC(NC(CO)C(=O)NC(C(=O)NC(C=O)CO)C(O)C2CN=C(N)N2C2OC(CO)C(O)C(O)C2O)N1. The molecule has 11 unspecified atom stereocenters. The third-order valence-electron chi connectivity index (χ3n) is 6.88. The van der Waals surface area contributed by atoms with Crippen LogP contribution in [0.3, 0.4) is 0 Å². The summed E-state index contributed by atoms with van der Waals surface area (Å²) in [5, 5.41) is 81.0. The average molecular weight is 592 g/mol. The van der Waals surface area contributed by atoms with Gasteiger partial charge in [0.25, 0.3) is 0 Å². The van der Waals surface area contributed by atoms with Gasteiger partial charge in [-0.3, -0.25) is 19.9 Å². The Balaban J connectivity index is 1.85. The lowest BCUT2D eigenvalue weighted by Crippen LogP contribution is -2.69. The van der Waals surface area contributed by atoms with Crippen molar-refractivity contribution >= 4 is 30.0 Å². The lowest BCUT2D eigenvalue weighted by molar-refractivity contribution is -0.260. The van der Waals surface area contributed by atoms with Gasteiger partial charge in [-0.1, -0.05) is 0 Å². The number of aliphatic hydroxyl groups excluding tert-OH is 7. The normalized spacial score (nSPS) is 32.7. The van der Waals surface area contributed by atoms with Crippen molar-refractivity contribution < 1.29 is 54.9 Å². The van der Waals surface area contributed by atoms with E-state index >= 15 is 0 Å². The molecule has 0 bridgehead atoms. The standard InChI is InChI=1S/C21H37N9O11/c22-20-24-2-11(28-20)27-8(5-33)17(39)29-12(18(40)26-7(3-31)4-32)13(35)9-1-25-21(23)30(9)19-16(38)15(37)14(36)10(6-34)41-19/h3,7-16,19,27,32-38H,1-2,4-6H2,(H2,23,25)(H,26,40)(H,29,39)(H3,22,24,28). The molecule has 2 amide bonds. The Labute approximate surface area is 233 Å². The van der Waals surface area contributed by atoms with E-state index < -0.39 is 98.7 Å². The lowest BCUT2D eigenvalue weighted by atomic mass is 9.95. The second-order valence-electron chi connectivity index (χ2n) is 9.63. The third-order valence-corrected chi connectivity index (χ3v) is 6.88. The van der Waals surface area contributed by atoms with Gasteiger partial charge in [-0.2, -0.15) is 0 Å². The van der Waals surface area contributed by atoms with E-state index in [0.717, 1.165) is 4.90 Å². The first-order valence-corrected chi connectivity index (χ1v) is 12.6. The Morgan fingerprint density at radius 3 is 2.32 bits per heavy atom. The molecule has 1 fully saturated rings. The van der Waals surface area contributed by atoms with Gasteiger partial charge >= 0.3 is 0 Å². The molecular weight excluding hydrogens is 554 g/mol. The van der Waals surface area contributed by atoms with Crippen LogP contribution in [-0.4, -0.2) is 171 Å². The fourth-order valence-electron chi connectivity index (χ4n) is 4.62. The minimum Gasteiger partial charge on any atom is -0.394 e. The number of aliphatic hydroxyl groups is 7. The molecule has 3 rings (SSSR count). The van der Waals surface area contributed by atoms with Crippen LogP contribution >= 0.6 is 0 Å². The summed E-state index contributed by atoms with van der Waals surface area (Å²) in [5.74, 6) is -2.27. The summed E-state index contributed by atoms with van der Waals surface area (Å²) in [4.78, 5) is 46.4. The van der Waals surface area contributed by atoms with Crippen molar-refractivity contribution in [1.82, 2.24) is 26.2 Å². The number of guanidine groups is 2. The van der Waals surface area contributed by atoms with Crippen LogP contribution in [0.15, 0.2) is 9.98 Å². The van der Waals surface area contributed by atoms with E-state index in [-0.39, 0.29) is 31.3 Å². The molecule has 232 valence electrons. The van der Waals surface area contributed by atoms with Crippen LogP contribution < -0.4 is 32.7 Å². The number of carbonyl (C=O) groups excluding carboxylic acids is 3. The number of carbonyl (C=O) groups is 3. The van der Waals surface area contributed by atoms with E-state index in [1.807, 2.05) is 0 Å². The highest BCUT2D eigenvalue weighted by molar-refractivity contribution is 5.92. The highest BCUT2D eigenvalue weighted by Crippen LogP contribution is 2.28. The Kier molecular flexibility index (Phi) is 11.1. The van der Waals surface area contributed by atoms with Gasteiger partial charge < -0.3 is 77.6 Å². The Morgan fingerprint density at radius 2 is 1.76 bits per heavy atom. The van der Waals surface area contributed by atoms with Gasteiger partial charge in [-0.25, -0.2) is 4.99 Å². The predicted molar refractivity (Wildman–Crippen MR) is 136 cm³/mol. The van der Waals surface area contributed by atoms with Crippen molar-refractivity contribution in [2.75, 3.05) is 32.9 Å². The molecular formula is C21H37N9O11. The van der Waals surface area contributed by atoms with Crippen molar-refractivity contribution in [2.45, 2.75) is 67.1 Å². The first-order valence-electron chi connectivity index (χ1n) is 12.6. The second-order valence-corrected chi connectivity index (χ2v) is 9.63. The first kappa shape index (κ1) is 32.3. The Hall–Kier alpha value is -3.21. The van der Waals surface area contributed by atoms with E-state index in [0.29, 0.717) is 0 Å². The highest BCUT2D eigenvalue weighted by Gasteiger charge is 2.51. The van der Waals surface area contributed by atoms with Crippen LogP contribution in [0, 0.1) is 0 Å². The van der Waals surface area contributed by atoms with Crippen LogP contribution in [-0.2, 0) is 19.1 Å². The maximum Gasteiger partial charge on any atom is 0.246 e. The molecule has 0 aliphatic carbocycles. The summed E-state index contributed by atoms with van der Waals surface area (Å²) in [6.07, 6.45) is -10.5. The molecule has 3 aliphatic heterocycles. The number of ether oxygens (including phenoxy) is 1. The molecule has 11 atom stereocenters. The molecule has 15 N–H and O–H groups in total. The Bertz CT molecular complexity index is 1000. The number of aliphatic imine (C=N–C) groups is 2. The maximum absolute atomic E-state index is 13.2. The molecule has 1 saturated heterocycles. The fourth-order valence-corrected chi connectivity index (χ4v) is 4.62.